The van der Waals surface area contributed by atoms with Crippen molar-refractivity contribution in [1.29, 1.82) is 0 Å². The fourth-order valence-electron chi connectivity index (χ4n) is 1.59. The molecule has 0 radical (unpaired) electrons. The molecule has 0 aliphatic heterocycles. The first-order valence-corrected chi connectivity index (χ1v) is 5.73. The lowest BCUT2D eigenvalue weighted by Crippen LogP contribution is -2.33. The van der Waals surface area contributed by atoms with Gasteiger partial charge >= 0.3 is 6.36 Å². The summed E-state index contributed by atoms with van der Waals surface area (Å²) in [5.41, 5.74) is -0.771. The average molecular weight is 278 g/mol. The van der Waals surface area contributed by atoms with E-state index in [0.717, 1.165) is 6.07 Å². The summed E-state index contributed by atoms with van der Waals surface area (Å²) in [4.78, 5) is 0. The van der Waals surface area contributed by atoms with Crippen LogP contribution in [-0.2, 0) is 0 Å². The summed E-state index contributed by atoms with van der Waals surface area (Å²) in [6.07, 6.45) is -7.52. The van der Waals surface area contributed by atoms with Gasteiger partial charge in [0.15, 0.2) is 0 Å². The van der Waals surface area contributed by atoms with E-state index in [1.807, 2.05) is 0 Å². The minimum absolute atomic E-state index is 0.0951. The summed E-state index contributed by atoms with van der Waals surface area (Å²) in [6, 6.07) is 5.22. The van der Waals surface area contributed by atoms with Crippen molar-refractivity contribution in [2.24, 2.45) is 5.41 Å². The second-order valence-electron chi connectivity index (χ2n) is 5.34. The predicted octanol–water partition coefficient (Wildman–Crippen LogP) is 3.03. The molecule has 1 rings (SSSR count). The summed E-state index contributed by atoms with van der Waals surface area (Å²) in [5.74, 6) is -0.509. The molecule has 2 atom stereocenters. The van der Waals surface area contributed by atoms with Crippen LogP contribution in [0.15, 0.2) is 24.3 Å². The van der Waals surface area contributed by atoms with E-state index in [2.05, 4.69) is 4.74 Å². The molecule has 0 amide bonds. The van der Waals surface area contributed by atoms with Crippen LogP contribution in [0.3, 0.4) is 0 Å². The van der Waals surface area contributed by atoms with Crippen molar-refractivity contribution >= 4 is 0 Å². The number of hydrogen-bond acceptors (Lipinski definition) is 3. The van der Waals surface area contributed by atoms with E-state index in [4.69, 9.17) is 0 Å². The highest BCUT2D eigenvalue weighted by atomic mass is 19.4. The van der Waals surface area contributed by atoms with E-state index in [1.165, 1.54) is 18.2 Å². The molecule has 0 fully saturated rings. The molecule has 0 aromatic heterocycles. The highest BCUT2D eigenvalue weighted by Crippen LogP contribution is 2.36. The molecule has 19 heavy (non-hydrogen) atoms. The van der Waals surface area contributed by atoms with E-state index in [9.17, 15) is 23.4 Å². The first-order chi connectivity index (χ1) is 8.52. The Morgan fingerprint density at radius 2 is 1.58 bits per heavy atom. The van der Waals surface area contributed by atoms with Crippen molar-refractivity contribution in [3.63, 3.8) is 0 Å². The number of benzene rings is 1. The first-order valence-electron chi connectivity index (χ1n) is 5.73. The van der Waals surface area contributed by atoms with E-state index in [-0.39, 0.29) is 5.56 Å². The Balaban J connectivity index is 3.07. The van der Waals surface area contributed by atoms with E-state index < -0.39 is 29.7 Å². The number of hydrogen-bond donors (Lipinski definition) is 2. The average Bonchev–Trinajstić information content (AvgIpc) is 2.24. The van der Waals surface area contributed by atoms with Gasteiger partial charge in [-0.25, -0.2) is 0 Å². The molecule has 0 saturated carbocycles. The van der Waals surface area contributed by atoms with Crippen LogP contribution in [0.1, 0.15) is 32.4 Å². The van der Waals surface area contributed by atoms with Gasteiger partial charge in [-0.2, -0.15) is 0 Å². The minimum Gasteiger partial charge on any atom is -0.405 e. The van der Waals surface area contributed by atoms with Crippen molar-refractivity contribution in [2.45, 2.75) is 39.3 Å². The fraction of sp³-hybridized carbons (Fsp3) is 0.538. The van der Waals surface area contributed by atoms with E-state index in [1.54, 1.807) is 20.8 Å². The molecule has 1 aromatic rings. The zero-order chi connectivity index (χ0) is 14.8. The largest absolute Gasteiger partial charge is 0.573 e. The van der Waals surface area contributed by atoms with Crippen molar-refractivity contribution in [1.82, 2.24) is 0 Å². The van der Waals surface area contributed by atoms with Gasteiger partial charge in [-0.1, -0.05) is 39.0 Å². The number of halogens is 3. The molecule has 0 spiro atoms. The summed E-state index contributed by atoms with van der Waals surface area (Å²) >= 11 is 0. The van der Waals surface area contributed by atoms with Gasteiger partial charge in [-0.05, 0) is 11.5 Å². The van der Waals surface area contributed by atoms with Crippen LogP contribution in [0.25, 0.3) is 0 Å². The second-order valence-corrected chi connectivity index (χ2v) is 5.34. The van der Waals surface area contributed by atoms with Crippen LogP contribution in [0.4, 0.5) is 13.2 Å². The number of alkyl halides is 3. The number of rotatable bonds is 3. The van der Waals surface area contributed by atoms with E-state index in [0.29, 0.717) is 0 Å². The first kappa shape index (κ1) is 15.8. The van der Waals surface area contributed by atoms with Crippen molar-refractivity contribution in [3.8, 4) is 5.75 Å². The maximum absolute atomic E-state index is 12.3. The molecule has 6 heteroatoms. The maximum Gasteiger partial charge on any atom is 0.573 e. The lowest BCUT2D eigenvalue weighted by Gasteiger charge is -2.30. The van der Waals surface area contributed by atoms with Crippen LogP contribution < -0.4 is 4.74 Å². The highest BCUT2D eigenvalue weighted by molar-refractivity contribution is 5.36. The Hall–Kier alpha value is -1.27. The second kappa shape index (κ2) is 5.38. The standard InChI is InChI=1S/C13H17F3O3/c1-12(2,3)11(18)10(17)8-6-4-5-7-9(8)19-13(14,15)16/h4-7,10-11,17-18H,1-3H3. The Bertz CT molecular complexity index is 424. The molecule has 0 bridgehead atoms. The summed E-state index contributed by atoms with van der Waals surface area (Å²) in [7, 11) is 0. The molecule has 3 nitrogen and oxygen atoms in total. The Morgan fingerprint density at radius 1 is 1.05 bits per heavy atom. The summed E-state index contributed by atoms with van der Waals surface area (Å²) in [5, 5.41) is 19.9. The van der Waals surface area contributed by atoms with Gasteiger partial charge in [0.25, 0.3) is 0 Å². The van der Waals surface area contributed by atoms with Crippen LogP contribution in [-0.4, -0.2) is 22.7 Å². The molecular formula is C13H17F3O3. The number of para-hydroxylation sites is 1. The third-order valence-electron chi connectivity index (χ3n) is 2.65. The molecule has 0 saturated heterocycles. The Labute approximate surface area is 109 Å². The van der Waals surface area contributed by atoms with Crippen molar-refractivity contribution < 1.29 is 28.1 Å². The van der Waals surface area contributed by atoms with E-state index >= 15 is 0 Å². The third-order valence-corrected chi connectivity index (χ3v) is 2.65. The Morgan fingerprint density at radius 3 is 2.05 bits per heavy atom. The molecule has 2 unspecified atom stereocenters. The van der Waals surface area contributed by atoms with Gasteiger partial charge < -0.3 is 14.9 Å². The zero-order valence-corrected chi connectivity index (χ0v) is 10.9. The summed E-state index contributed by atoms with van der Waals surface area (Å²) < 4.78 is 40.6. The van der Waals surface area contributed by atoms with Gasteiger partial charge in [0.2, 0.25) is 0 Å². The highest BCUT2D eigenvalue weighted by Gasteiger charge is 2.36. The number of aliphatic hydroxyl groups excluding tert-OH is 2. The van der Waals surface area contributed by atoms with Crippen molar-refractivity contribution in [3.05, 3.63) is 29.8 Å². The van der Waals surface area contributed by atoms with Gasteiger partial charge in [0, 0.05) is 5.56 Å². The van der Waals surface area contributed by atoms with Crippen molar-refractivity contribution in [2.75, 3.05) is 0 Å². The quantitative estimate of drug-likeness (QED) is 0.893. The third kappa shape index (κ3) is 4.40. The maximum atomic E-state index is 12.3. The van der Waals surface area contributed by atoms with Crippen LogP contribution in [0.5, 0.6) is 5.75 Å². The molecular weight excluding hydrogens is 261 g/mol. The number of aliphatic hydroxyl groups is 2. The SMILES string of the molecule is CC(C)(C)C(O)C(O)c1ccccc1OC(F)(F)F. The lowest BCUT2D eigenvalue weighted by atomic mass is 9.83. The van der Waals surface area contributed by atoms with Crippen LogP contribution >= 0.6 is 0 Å². The molecule has 0 aliphatic carbocycles. The van der Waals surface area contributed by atoms with Gasteiger partial charge in [-0.15, -0.1) is 13.2 Å². The minimum atomic E-state index is -4.84. The van der Waals surface area contributed by atoms with Crippen LogP contribution in [0.2, 0.25) is 0 Å². The van der Waals surface area contributed by atoms with Gasteiger partial charge in [0.05, 0.1) is 6.10 Å². The molecule has 2 N–H and O–H groups in total. The number of ether oxygens (including phenoxy) is 1. The topological polar surface area (TPSA) is 49.7 Å². The molecule has 108 valence electrons. The normalized spacial score (nSPS) is 16.0. The smallest absolute Gasteiger partial charge is 0.405 e. The molecule has 1 aromatic carbocycles. The van der Waals surface area contributed by atoms with Gasteiger partial charge in [-0.3, -0.25) is 0 Å². The Kier molecular flexibility index (Phi) is 4.47. The lowest BCUT2D eigenvalue weighted by molar-refractivity contribution is -0.275. The predicted molar refractivity (Wildman–Crippen MR) is 63.5 cm³/mol. The molecule has 0 heterocycles. The monoisotopic (exact) mass is 278 g/mol. The van der Waals surface area contributed by atoms with Crippen LogP contribution in [0, 0.1) is 5.41 Å². The zero-order valence-electron chi connectivity index (χ0n) is 10.9. The molecule has 0 aliphatic rings. The summed E-state index contributed by atoms with van der Waals surface area (Å²) in [6.45, 7) is 5.02. The van der Waals surface area contributed by atoms with Gasteiger partial charge in [0.1, 0.15) is 11.9 Å². The fourth-order valence-corrected chi connectivity index (χ4v) is 1.59.